The Morgan fingerprint density at radius 3 is 2.33 bits per heavy atom. The number of carbonyl (C=O) groups is 3. The molecule has 2 N–H and O–H groups in total. The molecule has 0 saturated carbocycles. The van der Waals surface area contributed by atoms with Gasteiger partial charge in [-0.1, -0.05) is 6.07 Å². The van der Waals surface area contributed by atoms with Crippen LogP contribution in [-0.2, 0) is 20.7 Å². The number of hydrogen-bond acceptors (Lipinski definition) is 9. The van der Waals surface area contributed by atoms with E-state index in [0.29, 0.717) is 40.2 Å². The van der Waals surface area contributed by atoms with Crippen molar-refractivity contribution in [1.29, 1.82) is 0 Å². The Balaban J connectivity index is 2.12. The van der Waals surface area contributed by atoms with Gasteiger partial charge in [-0.15, -0.1) is 11.8 Å². The van der Waals surface area contributed by atoms with Gasteiger partial charge in [0.1, 0.15) is 11.6 Å². The van der Waals surface area contributed by atoms with Crippen molar-refractivity contribution >= 4 is 29.7 Å². The van der Waals surface area contributed by atoms with Crippen molar-refractivity contribution in [3.05, 3.63) is 45.6 Å². The summed E-state index contributed by atoms with van der Waals surface area (Å²) in [5, 5.41) is 5.43. The van der Waals surface area contributed by atoms with Gasteiger partial charge in [-0.3, -0.25) is 9.59 Å². The van der Waals surface area contributed by atoms with Crippen LogP contribution in [0.2, 0.25) is 0 Å². The summed E-state index contributed by atoms with van der Waals surface area (Å²) >= 11 is 1.33. The first-order chi connectivity index (χ1) is 18.8. The maximum Gasteiger partial charge on any atom is 0.408 e. The van der Waals surface area contributed by atoms with Crippen molar-refractivity contribution in [2.24, 2.45) is 0 Å². The first kappa shape index (κ1) is 30.8. The van der Waals surface area contributed by atoms with Crippen LogP contribution in [0.3, 0.4) is 0 Å². The lowest BCUT2D eigenvalue weighted by atomic mass is 9.95. The highest BCUT2D eigenvalue weighted by Crippen LogP contribution is 2.50. The van der Waals surface area contributed by atoms with Gasteiger partial charge in [0.05, 0.1) is 25.2 Å². The van der Waals surface area contributed by atoms with Crippen molar-refractivity contribution in [3.63, 3.8) is 0 Å². The minimum Gasteiger partial charge on any atom is -0.492 e. The molecule has 0 aliphatic heterocycles. The van der Waals surface area contributed by atoms with Gasteiger partial charge in [-0.2, -0.15) is 0 Å². The Labute approximate surface area is 238 Å². The number of aryl methyl sites for hydroxylation is 1. The topological polar surface area (TPSA) is 129 Å². The zero-order valence-electron chi connectivity index (χ0n) is 24.1. The summed E-state index contributed by atoms with van der Waals surface area (Å²) < 4.78 is 22.4. The Morgan fingerprint density at radius 2 is 1.75 bits per heavy atom. The number of esters is 1. The molecule has 0 bridgehead atoms. The third-order valence-electron chi connectivity index (χ3n) is 6.18. The average molecular weight is 573 g/mol. The molecule has 11 heteroatoms. The van der Waals surface area contributed by atoms with Crippen LogP contribution < -0.4 is 30.3 Å². The summed E-state index contributed by atoms with van der Waals surface area (Å²) in [6, 6.07) is 5.37. The largest absolute Gasteiger partial charge is 0.492 e. The van der Waals surface area contributed by atoms with E-state index < -0.39 is 29.7 Å². The number of rotatable bonds is 7. The quantitative estimate of drug-likeness (QED) is 0.282. The second kappa shape index (κ2) is 12.6. The highest BCUT2D eigenvalue weighted by Gasteiger charge is 2.31. The van der Waals surface area contributed by atoms with Crippen molar-refractivity contribution in [1.82, 2.24) is 10.6 Å². The third kappa shape index (κ3) is 7.07. The van der Waals surface area contributed by atoms with Crippen LogP contribution in [-0.4, -0.2) is 50.1 Å². The Bertz CT molecular complexity index is 1370. The van der Waals surface area contributed by atoms with E-state index in [1.807, 2.05) is 12.3 Å². The van der Waals surface area contributed by atoms with Gasteiger partial charge < -0.3 is 29.6 Å². The minimum absolute atomic E-state index is 0.107. The van der Waals surface area contributed by atoms with Crippen LogP contribution >= 0.6 is 11.8 Å². The molecule has 40 heavy (non-hydrogen) atoms. The molecule has 10 nitrogen and oxygen atoms in total. The van der Waals surface area contributed by atoms with Crippen molar-refractivity contribution in [2.75, 3.05) is 20.5 Å². The summed E-state index contributed by atoms with van der Waals surface area (Å²) in [5.41, 5.74) is 1.90. The number of amides is 2. The second-order valence-electron chi connectivity index (χ2n) is 10.3. The predicted octanol–water partition coefficient (Wildman–Crippen LogP) is 4.39. The van der Waals surface area contributed by atoms with E-state index in [-0.39, 0.29) is 22.8 Å². The zero-order chi connectivity index (χ0) is 29.8. The normalized spacial score (nSPS) is 14.9. The number of benzene rings is 1. The molecule has 2 aromatic rings. The van der Waals surface area contributed by atoms with Crippen molar-refractivity contribution in [2.45, 2.75) is 70.0 Å². The molecule has 3 rings (SSSR count). The van der Waals surface area contributed by atoms with E-state index in [9.17, 15) is 19.2 Å². The Hall–Kier alpha value is -3.73. The lowest BCUT2D eigenvalue weighted by Gasteiger charge is -2.22. The molecule has 0 spiro atoms. The molecule has 1 aliphatic carbocycles. The fourth-order valence-electron chi connectivity index (χ4n) is 4.53. The molecule has 2 atom stereocenters. The number of hydrogen-bond donors (Lipinski definition) is 2. The molecule has 0 radical (unpaired) electrons. The summed E-state index contributed by atoms with van der Waals surface area (Å²) in [6.45, 7) is 8.07. The summed E-state index contributed by atoms with van der Waals surface area (Å²) in [7, 11) is 2.90. The first-order valence-electron chi connectivity index (χ1n) is 12.8. The molecule has 0 fully saturated rings. The third-order valence-corrected chi connectivity index (χ3v) is 6.95. The zero-order valence-corrected chi connectivity index (χ0v) is 24.9. The van der Waals surface area contributed by atoms with Gasteiger partial charge in [0.15, 0.2) is 16.9 Å². The highest BCUT2D eigenvalue weighted by atomic mass is 32.2. The fourth-order valence-corrected chi connectivity index (χ4v) is 4.99. The highest BCUT2D eigenvalue weighted by molar-refractivity contribution is 7.98. The van der Waals surface area contributed by atoms with E-state index in [0.717, 1.165) is 5.56 Å². The van der Waals surface area contributed by atoms with E-state index in [1.165, 1.54) is 39.8 Å². The SMILES string of the molecule is COc1c(OC(=O)C(C)NC(=O)OC(C)(C)C)cc2c(c1OC)-c1ccc(SC)c(=O)cc1[C@@H](NC(C)=O)CC2. The molecule has 1 unspecified atom stereocenters. The molecule has 0 saturated heterocycles. The van der Waals surface area contributed by atoms with Crippen LogP contribution in [0.5, 0.6) is 17.2 Å². The molecular formula is C29H36N2O8S. The summed E-state index contributed by atoms with van der Waals surface area (Å²) in [6.07, 6.45) is 2.03. The number of thioether (sulfide) groups is 1. The predicted molar refractivity (Wildman–Crippen MR) is 152 cm³/mol. The Morgan fingerprint density at radius 1 is 1.07 bits per heavy atom. The number of ether oxygens (including phenoxy) is 4. The molecule has 2 aromatic carbocycles. The van der Waals surface area contributed by atoms with E-state index in [4.69, 9.17) is 18.9 Å². The molecule has 216 valence electrons. The minimum atomic E-state index is -1.02. The van der Waals surface area contributed by atoms with E-state index >= 15 is 0 Å². The number of alkyl carbamates (subject to hydrolysis) is 1. The number of methoxy groups -OCH3 is 2. The van der Waals surface area contributed by atoms with Crippen LogP contribution in [0.15, 0.2) is 34.0 Å². The van der Waals surface area contributed by atoms with Crippen LogP contribution in [0.1, 0.15) is 58.2 Å². The van der Waals surface area contributed by atoms with Gasteiger partial charge in [-0.05, 0) is 81.7 Å². The monoisotopic (exact) mass is 572 g/mol. The Kier molecular flexibility index (Phi) is 9.73. The average Bonchev–Trinajstić information content (AvgIpc) is 3.10. The molecule has 0 aromatic heterocycles. The maximum absolute atomic E-state index is 13.0. The molecular weight excluding hydrogens is 536 g/mol. The number of carbonyl (C=O) groups excluding carboxylic acids is 3. The van der Waals surface area contributed by atoms with Gasteiger partial charge in [0, 0.05) is 12.5 Å². The smallest absolute Gasteiger partial charge is 0.408 e. The van der Waals surface area contributed by atoms with Crippen molar-refractivity contribution < 1.29 is 33.3 Å². The summed E-state index contributed by atoms with van der Waals surface area (Å²) in [5.74, 6) is -0.374. The standard InChI is InChI=1S/C29H36N2O8S/c1-15(30-28(35)39-29(3,4)5)27(34)38-22-13-17-9-11-20(31-16(2)32)19-14-21(33)23(40-8)12-10-18(19)24(17)26(37-7)25(22)36-6/h10,12-15,20H,9,11H2,1-8H3,(H,30,35)(H,31,32)/t15?,20-/m0/s1. The van der Waals surface area contributed by atoms with Gasteiger partial charge in [-0.25, -0.2) is 9.59 Å². The first-order valence-corrected chi connectivity index (χ1v) is 14.0. The van der Waals surface area contributed by atoms with Crippen molar-refractivity contribution in [3.8, 4) is 28.4 Å². The molecule has 0 heterocycles. The van der Waals surface area contributed by atoms with E-state index in [2.05, 4.69) is 10.6 Å². The summed E-state index contributed by atoms with van der Waals surface area (Å²) in [4.78, 5) is 50.7. The van der Waals surface area contributed by atoms with Gasteiger partial charge in [0.25, 0.3) is 0 Å². The second-order valence-corrected chi connectivity index (χ2v) is 11.2. The maximum atomic E-state index is 13.0. The fraction of sp³-hybridized carbons (Fsp3) is 0.448. The number of fused-ring (bicyclic) bond motifs is 3. The molecule has 1 aliphatic rings. The molecule has 2 amide bonds. The number of nitrogens with one attached hydrogen (secondary N) is 2. The lowest BCUT2D eigenvalue weighted by molar-refractivity contribution is -0.136. The van der Waals surface area contributed by atoms with E-state index in [1.54, 1.807) is 39.0 Å². The van der Waals surface area contributed by atoms with Crippen LogP contribution in [0.4, 0.5) is 4.79 Å². The van der Waals surface area contributed by atoms with Gasteiger partial charge in [0.2, 0.25) is 11.7 Å². The van der Waals surface area contributed by atoms with Crippen LogP contribution in [0, 0.1) is 0 Å². The van der Waals surface area contributed by atoms with Gasteiger partial charge >= 0.3 is 12.1 Å². The van der Waals surface area contributed by atoms with Crippen LogP contribution in [0.25, 0.3) is 11.1 Å². The lowest BCUT2D eigenvalue weighted by Crippen LogP contribution is -2.43.